The first-order valence-corrected chi connectivity index (χ1v) is 6.04. The van der Waals surface area contributed by atoms with Crippen LogP contribution in [-0.4, -0.2) is 16.5 Å². The fourth-order valence-corrected chi connectivity index (χ4v) is 1.85. The van der Waals surface area contributed by atoms with E-state index in [1.807, 2.05) is 6.92 Å². The van der Waals surface area contributed by atoms with Gasteiger partial charge in [0.15, 0.2) is 0 Å². The summed E-state index contributed by atoms with van der Waals surface area (Å²) in [5, 5.41) is 10.6. The first-order chi connectivity index (χ1) is 9.15. The van der Waals surface area contributed by atoms with Gasteiger partial charge < -0.3 is 10.2 Å². The Balaban J connectivity index is 2.28. The summed E-state index contributed by atoms with van der Waals surface area (Å²) < 4.78 is 5.42. The van der Waals surface area contributed by atoms with Crippen LogP contribution in [0.1, 0.15) is 30.0 Å². The van der Waals surface area contributed by atoms with Crippen LogP contribution in [0.5, 0.6) is 0 Å². The number of aromatic nitrogens is 1. The molecule has 0 bridgehead atoms. The molecule has 1 heterocycles. The monoisotopic (exact) mass is 261 g/mol. The van der Waals surface area contributed by atoms with Gasteiger partial charge in [0.25, 0.3) is 5.69 Å². The van der Waals surface area contributed by atoms with E-state index in [1.54, 1.807) is 18.4 Å². The second kappa shape index (κ2) is 5.62. The fraction of sp³-hybridized carbons (Fsp3) is 0.308. The molecule has 0 radical (unpaired) electrons. The van der Waals surface area contributed by atoms with Crippen molar-refractivity contribution in [3.05, 3.63) is 57.8 Å². The molecule has 1 aromatic heterocycles. The van der Waals surface area contributed by atoms with E-state index < -0.39 is 4.92 Å². The molecule has 1 atom stereocenters. The second-order valence-corrected chi connectivity index (χ2v) is 4.17. The van der Waals surface area contributed by atoms with E-state index in [4.69, 9.17) is 10.2 Å². The van der Waals surface area contributed by atoms with Gasteiger partial charge in [-0.3, -0.25) is 10.1 Å². The standard InChI is InChI=1S/C13H15N3O3/c1-2-10-8-19-13(15-10)12(7-14)9-3-5-11(6-4-9)16(17)18/h3-6,8,12H,2,7,14H2,1H3/t12-/m1/s1. The van der Waals surface area contributed by atoms with Crippen molar-refractivity contribution in [1.29, 1.82) is 0 Å². The third kappa shape index (κ3) is 2.79. The quantitative estimate of drug-likeness (QED) is 0.657. The van der Waals surface area contributed by atoms with Gasteiger partial charge in [0, 0.05) is 18.7 Å². The lowest BCUT2D eigenvalue weighted by molar-refractivity contribution is -0.384. The second-order valence-electron chi connectivity index (χ2n) is 4.17. The largest absolute Gasteiger partial charge is 0.448 e. The number of rotatable bonds is 5. The molecule has 0 saturated carbocycles. The fourth-order valence-electron chi connectivity index (χ4n) is 1.85. The van der Waals surface area contributed by atoms with Crippen molar-refractivity contribution in [3.8, 4) is 0 Å². The summed E-state index contributed by atoms with van der Waals surface area (Å²) in [6.07, 6.45) is 2.41. The summed E-state index contributed by atoms with van der Waals surface area (Å²) in [5.41, 5.74) is 7.54. The predicted molar refractivity (Wildman–Crippen MR) is 69.9 cm³/mol. The number of hydrogen-bond donors (Lipinski definition) is 1. The van der Waals surface area contributed by atoms with Crippen LogP contribution < -0.4 is 5.73 Å². The lowest BCUT2D eigenvalue weighted by Crippen LogP contribution is -2.14. The van der Waals surface area contributed by atoms with Crippen LogP contribution >= 0.6 is 0 Å². The van der Waals surface area contributed by atoms with E-state index in [2.05, 4.69) is 4.98 Å². The Kier molecular flexibility index (Phi) is 3.91. The molecule has 6 heteroatoms. The third-order valence-corrected chi connectivity index (χ3v) is 2.97. The van der Waals surface area contributed by atoms with E-state index in [0.717, 1.165) is 17.7 Å². The lowest BCUT2D eigenvalue weighted by atomic mass is 9.99. The summed E-state index contributed by atoms with van der Waals surface area (Å²) in [4.78, 5) is 14.5. The molecule has 0 amide bonds. The average molecular weight is 261 g/mol. The topological polar surface area (TPSA) is 95.2 Å². The van der Waals surface area contributed by atoms with E-state index in [9.17, 15) is 10.1 Å². The minimum absolute atomic E-state index is 0.0566. The molecule has 19 heavy (non-hydrogen) atoms. The summed E-state index contributed by atoms with van der Waals surface area (Å²) in [6.45, 7) is 2.33. The van der Waals surface area contributed by atoms with E-state index in [1.165, 1.54) is 12.1 Å². The van der Waals surface area contributed by atoms with E-state index in [0.29, 0.717) is 12.4 Å². The molecule has 2 aromatic rings. The van der Waals surface area contributed by atoms with Crippen molar-refractivity contribution in [3.63, 3.8) is 0 Å². The molecule has 2 rings (SSSR count). The number of hydrogen-bond acceptors (Lipinski definition) is 5. The Labute approximate surface area is 110 Å². The first kappa shape index (κ1) is 13.2. The van der Waals surface area contributed by atoms with Crippen molar-refractivity contribution in [1.82, 2.24) is 4.98 Å². The summed E-state index contributed by atoms with van der Waals surface area (Å²) in [7, 11) is 0. The zero-order valence-corrected chi connectivity index (χ0v) is 10.6. The highest BCUT2D eigenvalue weighted by Crippen LogP contribution is 2.25. The number of non-ortho nitro benzene ring substituents is 1. The minimum Gasteiger partial charge on any atom is -0.448 e. The number of nitrogens with two attached hydrogens (primary N) is 1. The van der Waals surface area contributed by atoms with Crippen LogP contribution in [0, 0.1) is 10.1 Å². The Hall–Kier alpha value is -2.21. The van der Waals surface area contributed by atoms with Gasteiger partial charge >= 0.3 is 0 Å². The zero-order chi connectivity index (χ0) is 13.8. The molecule has 0 fully saturated rings. The van der Waals surface area contributed by atoms with Gasteiger partial charge in [-0.1, -0.05) is 19.1 Å². The summed E-state index contributed by atoms with van der Waals surface area (Å²) >= 11 is 0. The molecule has 0 unspecified atom stereocenters. The van der Waals surface area contributed by atoms with Gasteiger partial charge in [0.05, 0.1) is 16.5 Å². The van der Waals surface area contributed by atoms with E-state index in [-0.39, 0.29) is 11.6 Å². The lowest BCUT2D eigenvalue weighted by Gasteiger charge is -2.10. The van der Waals surface area contributed by atoms with Crippen LogP contribution in [0.25, 0.3) is 0 Å². The van der Waals surface area contributed by atoms with Crippen LogP contribution in [0.15, 0.2) is 34.9 Å². The smallest absolute Gasteiger partial charge is 0.269 e. The predicted octanol–water partition coefficient (Wildman–Crippen LogP) is 2.24. The van der Waals surface area contributed by atoms with Gasteiger partial charge in [-0.05, 0) is 12.0 Å². The highest BCUT2D eigenvalue weighted by atomic mass is 16.6. The summed E-state index contributed by atoms with van der Waals surface area (Å²) in [6, 6.07) is 6.29. The first-order valence-electron chi connectivity index (χ1n) is 6.04. The Morgan fingerprint density at radius 1 is 1.42 bits per heavy atom. The maximum absolute atomic E-state index is 10.6. The van der Waals surface area contributed by atoms with Crippen LogP contribution in [0.2, 0.25) is 0 Å². The Bertz CT molecular complexity index is 563. The average Bonchev–Trinajstić information content (AvgIpc) is 2.89. The van der Waals surface area contributed by atoms with Gasteiger partial charge in [-0.15, -0.1) is 0 Å². The normalized spacial score (nSPS) is 12.3. The molecular formula is C13H15N3O3. The highest BCUT2D eigenvalue weighted by Gasteiger charge is 2.19. The maximum Gasteiger partial charge on any atom is 0.269 e. The van der Waals surface area contributed by atoms with E-state index >= 15 is 0 Å². The molecule has 0 aliphatic rings. The molecule has 0 saturated heterocycles. The van der Waals surface area contributed by atoms with Crippen molar-refractivity contribution in [2.75, 3.05) is 6.54 Å². The minimum atomic E-state index is -0.429. The van der Waals surface area contributed by atoms with Crippen molar-refractivity contribution >= 4 is 5.69 Å². The number of aryl methyl sites for hydroxylation is 1. The molecular weight excluding hydrogens is 246 g/mol. The molecule has 2 N–H and O–H groups in total. The molecule has 0 aliphatic carbocycles. The van der Waals surface area contributed by atoms with Crippen molar-refractivity contribution in [2.45, 2.75) is 19.3 Å². The van der Waals surface area contributed by atoms with Crippen LogP contribution in [0.3, 0.4) is 0 Å². The SMILES string of the molecule is CCc1coc([C@H](CN)c2ccc([N+](=O)[O-])cc2)n1. The van der Waals surface area contributed by atoms with Crippen molar-refractivity contribution < 1.29 is 9.34 Å². The highest BCUT2D eigenvalue weighted by molar-refractivity contribution is 5.36. The van der Waals surface area contributed by atoms with Crippen molar-refractivity contribution in [2.24, 2.45) is 5.73 Å². The zero-order valence-electron chi connectivity index (χ0n) is 10.6. The Morgan fingerprint density at radius 3 is 2.58 bits per heavy atom. The Morgan fingerprint density at radius 2 is 2.11 bits per heavy atom. The van der Waals surface area contributed by atoms with Gasteiger partial charge in [-0.25, -0.2) is 4.98 Å². The number of benzene rings is 1. The van der Waals surface area contributed by atoms with Gasteiger partial charge in [-0.2, -0.15) is 0 Å². The number of nitro benzene ring substituents is 1. The molecule has 0 aliphatic heterocycles. The number of oxazole rings is 1. The molecule has 0 spiro atoms. The molecule has 100 valence electrons. The number of nitro groups is 1. The number of nitrogens with zero attached hydrogens (tertiary/aromatic N) is 2. The van der Waals surface area contributed by atoms with Crippen LogP contribution in [-0.2, 0) is 6.42 Å². The van der Waals surface area contributed by atoms with Gasteiger partial charge in [0.2, 0.25) is 5.89 Å². The third-order valence-electron chi connectivity index (χ3n) is 2.97. The summed E-state index contributed by atoms with van der Waals surface area (Å²) in [5.74, 6) is 0.370. The molecule has 1 aromatic carbocycles. The molecule has 6 nitrogen and oxygen atoms in total. The van der Waals surface area contributed by atoms with Gasteiger partial charge in [0.1, 0.15) is 6.26 Å². The maximum atomic E-state index is 10.6. The van der Waals surface area contributed by atoms with Crippen LogP contribution in [0.4, 0.5) is 5.69 Å².